The second kappa shape index (κ2) is 4.38. The van der Waals surface area contributed by atoms with Gasteiger partial charge in [-0.3, -0.25) is 4.90 Å². The standard InChI is InChI=1S/C9H16N2/c1-3-7-11(4-2)9-5-6-10-8-9/h1,9-10H,4-8H2,2H3. The van der Waals surface area contributed by atoms with Crippen molar-refractivity contribution in [3.63, 3.8) is 0 Å². The summed E-state index contributed by atoms with van der Waals surface area (Å²) in [4.78, 5) is 2.35. The average Bonchev–Trinajstić information content (AvgIpc) is 2.52. The van der Waals surface area contributed by atoms with E-state index in [0.717, 1.165) is 26.2 Å². The van der Waals surface area contributed by atoms with E-state index < -0.39 is 0 Å². The summed E-state index contributed by atoms with van der Waals surface area (Å²) in [6.07, 6.45) is 6.51. The lowest BCUT2D eigenvalue weighted by Crippen LogP contribution is -2.36. The van der Waals surface area contributed by atoms with Crippen LogP contribution in [0.15, 0.2) is 0 Å². The molecule has 1 aliphatic rings. The molecule has 1 unspecified atom stereocenters. The minimum Gasteiger partial charge on any atom is -0.315 e. The average molecular weight is 152 g/mol. The third-order valence-corrected chi connectivity index (χ3v) is 2.25. The smallest absolute Gasteiger partial charge is 0.0601 e. The molecule has 2 nitrogen and oxygen atoms in total. The molecule has 1 aliphatic heterocycles. The third-order valence-electron chi connectivity index (χ3n) is 2.25. The van der Waals surface area contributed by atoms with Gasteiger partial charge >= 0.3 is 0 Å². The predicted molar refractivity (Wildman–Crippen MR) is 47.4 cm³/mol. The van der Waals surface area contributed by atoms with Gasteiger partial charge in [0.25, 0.3) is 0 Å². The van der Waals surface area contributed by atoms with Crippen molar-refractivity contribution in [2.24, 2.45) is 0 Å². The van der Waals surface area contributed by atoms with Crippen LogP contribution in [0.4, 0.5) is 0 Å². The molecular formula is C9H16N2. The molecule has 1 saturated heterocycles. The fourth-order valence-electron chi connectivity index (χ4n) is 1.57. The van der Waals surface area contributed by atoms with Crippen LogP contribution in [0.5, 0.6) is 0 Å². The van der Waals surface area contributed by atoms with Gasteiger partial charge in [-0.1, -0.05) is 12.8 Å². The zero-order valence-corrected chi connectivity index (χ0v) is 7.14. The van der Waals surface area contributed by atoms with Gasteiger partial charge in [0.2, 0.25) is 0 Å². The molecule has 0 aromatic heterocycles. The summed E-state index contributed by atoms with van der Waals surface area (Å²) in [6, 6.07) is 0.677. The SMILES string of the molecule is C#CCN(CC)C1CCNC1. The van der Waals surface area contributed by atoms with Crippen LogP contribution >= 0.6 is 0 Å². The van der Waals surface area contributed by atoms with Crippen LogP contribution in [0.25, 0.3) is 0 Å². The molecule has 1 heterocycles. The van der Waals surface area contributed by atoms with Gasteiger partial charge < -0.3 is 5.32 Å². The Morgan fingerprint density at radius 2 is 2.55 bits per heavy atom. The topological polar surface area (TPSA) is 15.3 Å². The Balaban J connectivity index is 2.34. The number of rotatable bonds is 3. The summed E-state index contributed by atoms with van der Waals surface area (Å²) in [5.41, 5.74) is 0. The molecule has 1 fully saturated rings. The summed E-state index contributed by atoms with van der Waals surface area (Å²) >= 11 is 0. The number of nitrogens with one attached hydrogen (secondary N) is 1. The highest BCUT2D eigenvalue weighted by Crippen LogP contribution is 2.06. The van der Waals surface area contributed by atoms with Crippen LogP contribution in [-0.2, 0) is 0 Å². The van der Waals surface area contributed by atoms with Crippen molar-refractivity contribution in [3.8, 4) is 12.3 Å². The van der Waals surface area contributed by atoms with E-state index in [1.54, 1.807) is 0 Å². The molecule has 2 heteroatoms. The largest absolute Gasteiger partial charge is 0.315 e. The fourth-order valence-corrected chi connectivity index (χ4v) is 1.57. The van der Waals surface area contributed by atoms with Crippen LogP contribution in [0.1, 0.15) is 13.3 Å². The van der Waals surface area contributed by atoms with Crippen molar-refractivity contribution >= 4 is 0 Å². The first-order valence-corrected chi connectivity index (χ1v) is 4.26. The van der Waals surface area contributed by atoms with Crippen molar-refractivity contribution in [1.82, 2.24) is 10.2 Å². The van der Waals surface area contributed by atoms with E-state index >= 15 is 0 Å². The Hall–Kier alpha value is -0.520. The Morgan fingerprint density at radius 1 is 1.73 bits per heavy atom. The maximum atomic E-state index is 5.26. The van der Waals surface area contributed by atoms with E-state index in [2.05, 4.69) is 23.1 Å². The van der Waals surface area contributed by atoms with Crippen molar-refractivity contribution in [2.75, 3.05) is 26.2 Å². The van der Waals surface area contributed by atoms with Gasteiger partial charge in [-0.2, -0.15) is 0 Å². The van der Waals surface area contributed by atoms with Crippen LogP contribution in [0, 0.1) is 12.3 Å². The quantitative estimate of drug-likeness (QED) is 0.585. The second-order valence-corrected chi connectivity index (χ2v) is 2.91. The summed E-state index contributed by atoms with van der Waals surface area (Å²) in [7, 11) is 0. The van der Waals surface area contributed by atoms with Gasteiger partial charge in [-0.15, -0.1) is 6.42 Å². The second-order valence-electron chi connectivity index (χ2n) is 2.91. The first kappa shape index (κ1) is 8.58. The molecule has 0 bridgehead atoms. The van der Waals surface area contributed by atoms with Crippen molar-refractivity contribution in [1.29, 1.82) is 0 Å². The molecule has 11 heavy (non-hydrogen) atoms. The molecular weight excluding hydrogens is 136 g/mol. The van der Waals surface area contributed by atoms with Gasteiger partial charge in [0.15, 0.2) is 0 Å². The summed E-state index contributed by atoms with van der Waals surface area (Å²) in [6.45, 7) is 6.27. The van der Waals surface area contributed by atoms with Crippen LogP contribution in [0.2, 0.25) is 0 Å². The van der Waals surface area contributed by atoms with Crippen molar-refractivity contribution in [3.05, 3.63) is 0 Å². The van der Waals surface area contributed by atoms with Gasteiger partial charge in [-0.25, -0.2) is 0 Å². The number of nitrogens with zero attached hydrogens (tertiary/aromatic N) is 1. The Labute approximate surface area is 69.0 Å². The highest BCUT2D eigenvalue weighted by molar-refractivity contribution is 4.91. The molecule has 0 aromatic carbocycles. The van der Waals surface area contributed by atoms with E-state index in [1.165, 1.54) is 6.42 Å². The third kappa shape index (κ3) is 2.21. The maximum absolute atomic E-state index is 5.26. The molecule has 0 saturated carbocycles. The highest BCUT2D eigenvalue weighted by atomic mass is 15.2. The lowest BCUT2D eigenvalue weighted by atomic mass is 10.2. The predicted octanol–water partition coefficient (Wildman–Crippen LogP) is 0.303. The molecule has 0 radical (unpaired) electrons. The molecule has 62 valence electrons. The minimum absolute atomic E-state index is 0.677. The lowest BCUT2D eigenvalue weighted by Gasteiger charge is -2.24. The number of terminal acetylenes is 1. The van der Waals surface area contributed by atoms with E-state index in [4.69, 9.17) is 6.42 Å². The first-order valence-electron chi connectivity index (χ1n) is 4.26. The van der Waals surface area contributed by atoms with Gasteiger partial charge in [0.05, 0.1) is 6.54 Å². The number of likely N-dealkylation sites (N-methyl/N-ethyl adjacent to an activating group) is 1. The zero-order valence-electron chi connectivity index (χ0n) is 7.14. The molecule has 0 aromatic rings. The summed E-state index contributed by atoms with van der Waals surface area (Å²) in [5, 5.41) is 3.34. The molecule has 1 N–H and O–H groups in total. The molecule has 1 atom stereocenters. The van der Waals surface area contributed by atoms with E-state index in [9.17, 15) is 0 Å². The van der Waals surface area contributed by atoms with Crippen LogP contribution in [0.3, 0.4) is 0 Å². The Bertz CT molecular complexity index is 142. The lowest BCUT2D eigenvalue weighted by molar-refractivity contribution is 0.247. The van der Waals surface area contributed by atoms with E-state index in [1.807, 2.05) is 0 Å². The van der Waals surface area contributed by atoms with E-state index in [0.29, 0.717) is 6.04 Å². The van der Waals surface area contributed by atoms with Gasteiger partial charge in [0.1, 0.15) is 0 Å². The molecule has 0 amide bonds. The zero-order chi connectivity index (χ0) is 8.10. The summed E-state index contributed by atoms with van der Waals surface area (Å²) in [5.74, 6) is 2.69. The Morgan fingerprint density at radius 3 is 3.00 bits per heavy atom. The monoisotopic (exact) mass is 152 g/mol. The first-order chi connectivity index (χ1) is 5.38. The molecule has 0 spiro atoms. The number of hydrogen-bond acceptors (Lipinski definition) is 2. The van der Waals surface area contributed by atoms with Crippen molar-refractivity contribution < 1.29 is 0 Å². The molecule has 0 aliphatic carbocycles. The number of hydrogen-bond donors (Lipinski definition) is 1. The van der Waals surface area contributed by atoms with Crippen LogP contribution in [-0.4, -0.2) is 37.1 Å². The van der Waals surface area contributed by atoms with E-state index in [-0.39, 0.29) is 0 Å². The molecule has 1 rings (SSSR count). The van der Waals surface area contributed by atoms with Gasteiger partial charge in [0, 0.05) is 12.6 Å². The fraction of sp³-hybridized carbons (Fsp3) is 0.778. The Kier molecular flexibility index (Phi) is 3.41. The summed E-state index contributed by atoms with van der Waals surface area (Å²) < 4.78 is 0. The van der Waals surface area contributed by atoms with Crippen molar-refractivity contribution in [2.45, 2.75) is 19.4 Å². The maximum Gasteiger partial charge on any atom is 0.0601 e. The van der Waals surface area contributed by atoms with Gasteiger partial charge in [-0.05, 0) is 19.5 Å². The minimum atomic E-state index is 0.677. The highest BCUT2D eigenvalue weighted by Gasteiger charge is 2.19. The normalized spacial score (nSPS) is 23.9. The van der Waals surface area contributed by atoms with Crippen LogP contribution < -0.4 is 5.32 Å².